The number of benzene rings is 1. The molecule has 1 aromatic carbocycles. The molecular formula is C14H20FNO2. The third kappa shape index (κ3) is 3.28. The number of aryl methyl sites for hydroxylation is 1. The summed E-state index contributed by atoms with van der Waals surface area (Å²) in [5.74, 6) is -0.243. The monoisotopic (exact) mass is 253 g/mol. The first kappa shape index (κ1) is 13.5. The largest absolute Gasteiger partial charge is 0.394 e. The predicted octanol–water partition coefficient (Wildman–Crippen LogP) is 1.94. The number of hydrogen-bond acceptors (Lipinski definition) is 3. The van der Waals surface area contributed by atoms with Gasteiger partial charge in [0.05, 0.1) is 18.8 Å². The van der Waals surface area contributed by atoms with E-state index in [1.54, 1.807) is 6.07 Å². The summed E-state index contributed by atoms with van der Waals surface area (Å²) in [6.07, 6.45) is 2.40. The van der Waals surface area contributed by atoms with Crippen LogP contribution < -0.4 is 5.32 Å². The highest BCUT2D eigenvalue weighted by Gasteiger charge is 2.18. The standard InChI is InChI=1S/C14H20FNO2/c1-10-7-11(15)4-5-13(10)14(9-17)16-8-12-3-2-6-18-12/h4-5,7,12,14,16-17H,2-3,6,8-9H2,1H3. The molecule has 0 radical (unpaired) electrons. The van der Waals surface area contributed by atoms with E-state index in [0.29, 0.717) is 0 Å². The normalized spacial score (nSPS) is 21.2. The van der Waals surface area contributed by atoms with Gasteiger partial charge < -0.3 is 15.2 Å². The van der Waals surface area contributed by atoms with E-state index in [0.717, 1.165) is 37.1 Å². The average Bonchev–Trinajstić information content (AvgIpc) is 2.85. The van der Waals surface area contributed by atoms with Crippen molar-refractivity contribution in [2.75, 3.05) is 19.8 Å². The Balaban J connectivity index is 1.98. The van der Waals surface area contributed by atoms with Crippen LogP contribution in [-0.2, 0) is 4.74 Å². The second kappa shape index (κ2) is 6.27. The van der Waals surface area contributed by atoms with Crippen molar-refractivity contribution in [1.82, 2.24) is 5.32 Å². The van der Waals surface area contributed by atoms with Gasteiger partial charge in [-0.2, -0.15) is 0 Å². The average molecular weight is 253 g/mol. The Morgan fingerprint density at radius 1 is 1.56 bits per heavy atom. The van der Waals surface area contributed by atoms with Crippen LogP contribution in [0.15, 0.2) is 18.2 Å². The highest BCUT2D eigenvalue weighted by molar-refractivity contribution is 5.29. The van der Waals surface area contributed by atoms with E-state index in [9.17, 15) is 9.50 Å². The maximum atomic E-state index is 13.0. The molecule has 0 aromatic heterocycles. The lowest BCUT2D eigenvalue weighted by Crippen LogP contribution is -2.32. The lowest BCUT2D eigenvalue weighted by atomic mass is 10.0. The van der Waals surface area contributed by atoms with E-state index < -0.39 is 0 Å². The Labute approximate surface area is 107 Å². The molecule has 0 amide bonds. The molecule has 1 aliphatic heterocycles. The molecule has 1 saturated heterocycles. The SMILES string of the molecule is Cc1cc(F)ccc1C(CO)NCC1CCCO1. The number of halogens is 1. The third-order valence-corrected chi connectivity index (χ3v) is 3.41. The maximum Gasteiger partial charge on any atom is 0.123 e. The zero-order chi connectivity index (χ0) is 13.0. The van der Waals surface area contributed by atoms with Crippen LogP contribution in [0.1, 0.15) is 30.0 Å². The summed E-state index contributed by atoms with van der Waals surface area (Å²) >= 11 is 0. The van der Waals surface area contributed by atoms with Crippen molar-refractivity contribution in [3.8, 4) is 0 Å². The number of aliphatic hydroxyl groups is 1. The first-order valence-electron chi connectivity index (χ1n) is 6.42. The van der Waals surface area contributed by atoms with E-state index in [2.05, 4.69) is 5.32 Å². The second-order valence-corrected chi connectivity index (χ2v) is 4.78. The van der Waals surface area contributed by atoms with E-state index >= 15 is 0 Å². The van der Waals surface area contributed by atoms with Crippen LogP contribution in [0.25, 0.3) is 0 Å². The van der Waals surface area contributed by atoms with Gasteiger partial charge in [-0.3, -0.25) is 0 Å². The van der Waals surface area contributed by atoms with E-state index in [-0.39, 0.29) is 24.6 Å². The summed E-state index contributed by atoms with van der Waals surface area (Å²) in [5.41, 5.74) is 1.80. The molecule has 18 heavy (non-hydrogen) atoms. The molecule has 1 fully saturated rings. The van der Waals surface area contributed by atoms with Crippen LogP contribution in [0, 0.1) is 12.7 Å². The number of ether oxygens (including phenoxy) is 1. The Hall–Kier alpha value is -0.970. The van der Waals surface area contributed by atoms with Gasteiger partial charge in [-0.15, -0.1) is 0 Å². The molecular weight excluding hydrogens is 233 g/mol. The van der Waals surface area contributed by atoms with Gasteiger partial charge in [0.15, 0.2) is 0 Å². The molecule has 0 aliphatic carbocycles. The molecule has 2 rings (SSSR count). The minimum Gasteiger partial charge on any atom is -0.394 e. The van der Waals surface area contributed by atoms with Gasteiger partial charge in [0.2, 0.25) is 0 Å². The molecule has 2 atom stereocenters. The van der Waals surface area contributed by atoms with Crippen molar-refractivity contribution in [3.05, 3.63) is 35.1 Å². The summed E-state index contributed by atoms with van der Waals surface area (Å²) < 4.78 is 18.6. The molecule has 1 aliphatic rings. The summed E-state index contributed by atoms with van der Waals surface area (Å²) in [4.78, 5) is 0. The fourth-order valence-corrected chi connectivity index (χ4v) is 2.38. The Bertz CT molecular complexity index is 391. The highest BCUT2D eigenvalue weighted by atomic mass is 19.1. The van der Waals surface area contributed by atoms with Gasteiger partial charge in [-0.05, 0) is 43.0 Å². The van der Waals surface area contributed by atoms with Crippen LogP contribution in [0.2, 0.25) is 0 Å². The lowest BCUT2D eigenvalue weighted by molar-refractivity contribution is 0.104. The summed E-state index contributed by atoms with van der Waals surface area (Å²) in [6.45, 7) is 3.40. The summed E-state index contributed by atoms with van der Waals surface area (Å²) in [5, 5.41) is 12.7. The number of rotatable bonds is 5. The van der Waals surface area contributed by atoms with Crippen molar-refractivity contribution >= 4 is 0 Å². The van der Waals surface area contributed by atoms with E-state index in [1.165, 1.54) is 12.1 Å². The topological polar surface area (TPSA) is 41.5 Å². The van der Waals surface area contributed by atoms with Gasteiger partial charge in [0.25, 0.3) is 0 Å². The first-order valence-corrected chi connectivity index (χ1v) is 6.42. The molecule has 2 N–H and O–H groups in total. The van der Waals surface area contributed by atoms with E-state index in [4.69, 9.17) is 4.74 Å². The molecule has 1 heterocycles. The van der Waals surface area contributed by atoms with Crippen molar-refractivity contribution < 1.29 is 14.2 Å². The smallest absolute Gasteiger partial charge is 0.123 e. The molecule has 1 aromatic rings. The van der Waals surface area contributed by atoms with Crippen molar-refractivity contribution in [2.24, 2.45) is 0 Å². The molecule has 4 heteroatoms. The minimum absolute atomic E-state index is 0.000801. The highest BCUT2D eigenvalue weighted by Crippen LogP contribution is 2.19. The predicted molar refractivity (Wildman–Crippen MR) is 67.9 cm³/mol. The molecule has 0 bridgehead atoms. The van der Waals surface area contributed by atoms with Gasteiger partial charge >= 0.3 is 0 Å². The Kier molecular flexibility index (Phi) is 4.69. The third-order valence-electron chi connectivity index (χ3n) is 3.41. The first-order chi connectivity index (χ1) is 8.70. The molecule has 0 spiro atoms. The number of hydrogen-bond donors (Lipinski definition) is 2. The molecule has 3 nitrogen and oxygen atoms in total. The molecule has 0 saturated carbocycles. The number of aliphatic hydroxyl groups excluding tert-OH is 1. The van der Waals surface area contributed by atoms with Gasteiger partial charge in [0.1, 0.15) is 5.82 Å². The maximum absolute atomic E-state index is 13.0. The Morgan fingerprint density at radius 3 is 3.00 bits per heavy atom. The zero-order valence-corrected chi connectivity index (χ0v) is 10.7. The van der Waals surface area contributed by atoms with Crippen molar-refractivity contribution in [2.45, 2.75) is 31.9 Å². The summed E-state index contributed by atoms with van der Waals surface area (Å²) in [6, 6.07) is 4.49. The number of nitrogens with one attached hydrogen (secondary N) is 1. The second-order valence-electron chi connectivity index (χ2n) is 4.78. The van der Waals surface area contributed by atoms with Crippen LogP contribution >= 0.6 is 0 Å². The Morgan fingerprint density at radius 2 is 2.39 bits per heavy atom. The minimum atomic E-state index is -0.243. The van der Waals surface area contributed by atoms with Crippen molar-refractivity contribution in [1.29, 1.82) is 0 Å². The fraction of sp³-hybridized carbons (Fsp3) is 0.571. The van der Waals surface area contributed by atoms with Crippen LogP contribution in [-0.4, -0.2) is 31.0 Å². The van der Waals surface area contributed by atoms with Crippen LogP contribution in [0.4, 0.5) is 4.39 Å². The molecule has 2 unspecified atom stereocenters. The lowest BCUT2D eigenvalue weighted by Gasteiger charge is -2.21. The van der Waals surface area contributed by atoms with Gasteiger partial charge in [-0.25, -0.2) is 4.39 Å². The zero-order valence-electron chi connectivity index (χ0n) is 10.7. The quantitative estimate of drug-likeness (QED) is 0.842. The molecule has 100 valence electrons. The van der Waals surface area contributed by atoms with Gasteiger partial charge in [0, 0.05) is 13.2 Å². The van der Waals surface area contributed by atoms with Gasteiger partial charge in [-0.1, -0.05) is 6.07 Å². The van der Waals surface area contributed by atoms with Crippen LogP contribution in [0.5, 0.6) is 0 Å². The fourth-order valence-electron chi connectivity index (χ4n) is 2.38. The van der Waals surface area contributed by atoms with E-state index in [1.807, 2.05) is 6.92 Å². The van der Waals surface area contributed by atoms with Crippen molar-refractivity contribution in [3.63, 3.8) is 0 Å². The summed E-state index contributed by atoms with van der Waals surface area (Å²) in [7, 11) is 0. The van der Waals surface area contributed by atoms with Crippen LogP contribution in [0.3, 0.4) is 0 Å².